The molecule has 2 rings (SSSR count). The Balaban J connectivity index is 2.04. The smallest absolute Gasteiger partial charge is 0.263 e. The first-order chi connectivity index (χ1) is 7.26. The fraction of sp³-hybridized carbons (Fsp3) is 0.600. The molecule has 0 spiro atoms. The van der Waals surface area contributed by atoms with Crippen molar-refractivity contribution in [3.05, 3.63) is 16.6 Å². The molecule has 15 heavy (non-hydrogen) atoms. The number of hydrogen-bond acceptors (Lipinski definition) is 3. The summed E-state index contributed by atoms with van der Waals surface area (Å²) in [7, 11) is 0. The normalized spacial score (nSPS) is 19.0. The van der Waals surface area contributed by atoms with E-state index >= 15 is 0 Å². The number of rotatable bonds is 3. The molecule has 1 heterocycles. The minimum atomic E-state index is -0.0267. The molecule has 1 N–H and O–H groups in total. The molecule has 1 saturated carbocycles. The summed E-state index contributed by atoms with van der Waals surface area (Å²) in [5.74, 6) is 0.0128. The first kappa shape index (κ1) is 11.1. The molecule has 1 amide bonds. The Bertz CT molecular complexity index is 333. The molecule has 1 fully saturated rings. The lowest BCUT2D eigenvalue weighted by Crippen LogP contribution is -2.47. The van der Waals surface area contributed by atoms with E-state index in [1.165, 1.54) is 24.2 Å². The van der Waals surface area contributed by atoms with Crippen LogP contribution in [-0.4, -0.2) is 21.8 Å². The van der Waals surface area contributed by atoms with Gasteiger partial charge in [0, 0.05) is 5.33 Å². The van der Waals surface area contributed by atoms with E-state index in [0.717, 1.165) is 18.2 Å². The summed E-state index contributed by atoms with van der Waals surface area (Å²) in [5.41, 5.74) is 1.66. The van der Waals surface area contributed by atoms with Crippen molar-refractivity contribution in [2.45, 2.75) is 31.2 Å². The van der Waals surface area contributed by atoms with Gasteiger partial charge in [0.25, 0.3) is 5.91 Å². The fourth-order valence-electron chi connectivity index (χ4n) is 1.97. The highest BCUT2D eigenvalue weighted by molar-refractivity contribution is 9.09. The highest BCUT2D eigenvalue weighted by Crippen LogP contribution is 2.31. The number of alkyl halides is 1. The Hall–Kier alpha value is -0.420. The molecule has 0 bridgehead atoms. The van der Waals surface area contributed by atoms with Crippen LogP contribution < -0.4 is 5.32 Å². The average Bonchev–Trinajstić information content (AvgIpc) is 2.88. The van der Waals surface area contributed by atoms with Gasteiger partial charge in [0.1, 0.15) is 4.88 Å². The first-order valence-corrected chi connectivity index (χ1v) is 7.03. The number of hydrogen-bond donors (Lipinski definition) is 1. The third-order valence-corrected chi connectivity index (χ3v) is 4.70. The van der Waals surface area contributed by atoms with Gasteiger partial charge >= 0.3 is 0 Å². The molecule has 1 aromatic heterocycles. The van der Waals surface area contributed by atoms with Gasteiger partial charge in [-0.15, -0.1) is 11.3 Å². The highest BCUT2D eigenvalue weighted by Gasteiger charge is 2.34. The van der Waals surface area contributed by atoms with Crippen molar-refractivity contribution in [1.29, 1.82) is 0 Å². The number of carbonyl (C=O) groups excluding carboxylic acids is 1. The Morgan fingerprint density at radius 2 is 2.33 bits per heavy atom. The van der Waals surface area contributed by atoms with Crippen LogP contribution in [0.4, 0.5) is 0 Å². The zero-order valence-electron chi connectivity index (χ0n) is 8.33. The maximum Gasteiger partial charge on any atom is 0.263 e. The lowest BCUT2D eigenvalue weighted by Gasteiger charge is -2.27. The van der Waals surface area contributed by atoms with Crippen LogP contribution in [0, 0.1) is 0 Å². The standard InChI is InChI=1S/C10H13BrN2OS/c11-6-10(3-1-2-4-10)13-9(14)8-5-12-7-15-8/h5,7H,1-4,6H2,(H,13,14). The quantitative estimate of drug-likeness (QED) is 0.869. The Kier molecular flexibility index (Phi) is 3.41. The van der Waals surface area contributed by atoms with Crippen LogP contribution in [-0.2, 0) is 0 Å². The molecule has 0 saturated heterocycles. The van der Waals surface area contributed by atoms with E-state index in [-0.39, 0.29) is 11.4 Å². The minimum absolute atomic E-state index is 0.0128. The van der Waals surface area contributed by atoms with E-state index in [0.29, 0.717) is 4.88 Å². The second-order valence-corrected chi connectivity index (χ2v) is 5.39. The van der Waals surface area contributed by atoms with E-state index in [1.54, 1.807) is 11.7 Å². The number of nitrogens with zero attached hydrogens (tertiary/aromatic N) is 1. The second kappa shape index (κ2) is 4.61. The van der Waals surface area contributed by atoms with Gasteiger partial charge in [0.15, 0.2) is 0 Å². The monoisotopic (exact) mass is 288 g/mol. The number of aromatic nitrogens is 1. The maximum absolute atomic E-state index is 11.9. The fourth-order valence-corrected chi connectivity index (χ4v) is 3.19. The van der Waals surface area contributed by atoms with Gasteiger partial charge in [0.05, 0.1) is 17.2 Å². The molecular formula is C10H13BrN2OS. The van der Waals surface area contributed by atoms with Gasteiger partial charge < -0.3 is 5.32 Å². The van der Waals surface area contributed by atoms with Crippen molar-refractivity contribution < 1.29 is 4.79 Å². The molecule has 0 aromatic carbocycles. The van der Waals surface area contributed by atoms with Crippen molar-refractivity contribution in [2.75, 3.05) is 5.33 Å². The lowest BCUT2D eigenvalue weighted by atomic mass is 10.0. The van der Waals surface area contributed by atoms with Crippen LogP contribution in [0.25, 0.3) is 0 Å². The Labute approximate surface area is 101 Å². The number of amides is 1. The largest absolute Gasteiger partial charge is 0.345 e. The summed E-state index contributed by atoms with van der Waals surface area (Å²) in [4.78, 5) is 16.5. The Morgan fingerprint density at radius 1 is 1.60 bits per heavy atom. The van der Waals surface area contributed by atoms with E-state index in [2.05, 4.69) is 26.2 Å². The van der Waals surface area contributed by atoms with Gasteiger partial charge in [-0.3, -0.25) is 9.78 Å². The number of carbonyl (C=O) groups is 1. The summed E-state index contributed by atoms with van der Waals surface area (Å²) in [5, 5.41) is 3.97. The summed E-state index contributed by atoms with van der Waals surface area (Å²) in [6.45, 7) is 0. The minimum Gasteiger partial charge on any atom is -0.345 e. The molecule has 3 nitrogen and oxygen atoms in total. The van der Waals surface area contributed by atoms with Crippen LogP contribution >= 0.6 is 27.3 Å². The molecule has 1 aliphatic carbocycles. The van der Waals surface area contributed by atoms with Crippen molar-refractivity contribution in [3.63, 3.8) is 0 Å². The number of halogens is 1. The van der Waals surface area contributed by atoms with Crippen molar-refractivity contribution in [2.24, 2.45) is 0 Å². The van der Waals surface area contributed by atoms with Gasteiger partial charge in [-0.1, -0.05) is 28.8 Å². The number of thiazole rings is 1. The van der Waals surface area contributed by atoms with Crippen LogP contribution in [0.2, 0.25) is 0 Å². The first-order valence-electron chi connectivity index (χ1n) is 5.03. The van der Waals surface area contributed by atoms with Gasteiger partial charge in [-0.05, 0) is 12.8 Å². The topological polar surface area (TPSA) is 42.0 Å². The summed E-state index contributed by atoms with van der Waals surface area (Å²) < 4.78 is 0. The zero-order valence-corrected chi connectivity index (χ0v) is 10.7. The van der Waals surface area contributed by atoms with Gasteiger partial charge in [-0.2, -0.15) is 0 Å². The van der Waals surface area contributed by atoms with E-state index in [9.17, 15) is 4.79 Å². The SMILES string of the molecule is O=C(NC1(CBr)CCCC1)c1cncs1. The van der Waals surface area contributed by atoms with Crippen molar-refractivity contribution >= 4 is 33.2 Å². The van der Waals surface area contributed by atoms with Gasteiger partial charge in [0.2, 0.25) is 0 Å². The molecule has 0 unspecified atom stereocenters. The third kappa shape index (κ3) is 2.39. The van der Waals surface area contributed by atoms with E-state index in [1.807, 2.05) is 0 Å². The van der Waals surface area contributed by atoms with E-state index < -0.39 is 0 Å². The van der Waals surface area contributed by atoms with Crippen LogP contribution in [0.3, 0.4) is 0 Å². The second-order valence-electron chi connectivity index (χ2n) is 3.94. The Morgan fingerprint density at radius 3 is 2.87 bits per heavy atom. The number of nitrogens with one attached hydrogen (secondary N) is 1. The lowest BCUT2D eigenvalue weighted by molar-refractivity contribution is 0.0914. The van der Waals surface area contributed by atoms with Gasteiger partial charge in [-0.25, -0.2) is 0 Å². The summed E-state index contributed by atoms with van der Waals surface area (Å²) in [6.07, 6.45) is 6.17. The predicted octanol–water partition coefficient (Wildman–Crippen LogP) is 2.58. The predicted molar refractivity (Wildman–Crippen MR) is 64.6 cm³/mol. The maximum atomic E-state index is 11.9. The molecule has 0 atom stereocenters. The van der Waals surface area contributed by atoms with E-state index in [4.69, 9.17) is 0 Å². The molecule has 0 aliphatic heterocycles. The third-order valence-electron chi connectivity index (χ3n) is 2.85. The molecule has 0 radical (unpaired) electrons. The molecular weight excluding hydrogens is 276 g/mol. The van der Waals surface area contributed by atoms with Crippen LogP contribution in [0.5, 0.6) is 0 Å². The van der Waals surface area contributed by atoms with Crippen LogP contribution in [0.1, 0.15) is 35.4 Å². The van der Waals surface area contributed by atoms with Crippen molar-refractivity contribution in [3.8, 4) is 0 Å². The molecule has 1 aromatic rings. The highest BCUT2D eigenvalue weighted by atomic mass is 79.9. The van der Waals surface area contributed by atoms with Crippen LogP contribution in [0.15, 0.2) is 11.7 Å². The summed E-state index contributed by atoms with van der Waals surface area (Å²) >= 11 is 4.88. The molecule has 82 valence electrons. The molecule has 5 heteroatoms. The zero-order chi connectivity index (χ0) is 10.7. The average molecular weight is 289 g/mol. The molecule has 1 aliphatic rings. The summed E-state index contributed by atoms with van der Waals surface area (Å²) in [6, 6.07) is 0. The van der Waals surface area contributed by atoms with Crippen molar-refractivity contribution in [1.82, 2.24) is 10.3 Å².